The fourth-order valence-electron chi connectivity index (χ4n) is 11.2. The molecule has 0 saturated carbocycles. The second-order valence-corrected chi connectivity index (χ2v) is 25.7. The highest BCUT2D eigenvalue weighted by molar-refractivity contribution is 5.76. The van der Waals surface area contributed by atoms with Crippen molar-refractivity contribution in [2.24, 2.45) is 0 Å². The van der Waals surface area contributed by atoms with Crippen LogP contribution < -0.4 is 5.32 Å². The third kappa shape index (κ3) is 47.9. The van der Waals surface area contributed by atoms with Gasteiger partial charge in [0, 0.05) is 6.42 Å². The first-order chi connectivity index (χ1) is 47.6. The zero-order chi connectivity index (χ0) is 70.1. The fraction of sp³-hybridized carbons (Fsp3) is 0.651. The normalized spacial score (nSPS) is 23.2. The molecule has 2 heterocycles. The number of carbonyl (C=O) groups excluding carboxylic acids is 1. The Labute approximate surface area is 588 Å². The van der Waals surface area contributed by atoms with E-state index in [1.165, 1.54) is 103 Å². The molecule has 2 saturated heterocycles. The molecular formula is C83H135NO13. The van der Waals surface area contributed by atoms with E-state index in [-0.39, 0.29) is 18.9 Å². The van der Waals surface area contributed by atoms with Crippen LogP contribution in [0.25, 0.3) is 0 Å². The molecule has 0 aliphatic carbocycles. The molecule has 12 atom stereocenters. The van der Waals surface area contributed by atoms with Crippen LogP contribution in [0.4, 0.5) is 0 Å². The smallest absolute Gasteiger partial charge is 0.220 e. The van der Waals surface area contributed by atoms with E-state index in [4.69, 9.17) is 18.9 Å². The first-order valence-corrected chi connectivity index (χ1v) is 37.9. The topological polar surface area (TPSA) is 228 Å². The van der Waals surface area contributed by atoms with Crippen LogP contribution in [0.1, 0.15) is 251 Å². The van der Waals surface area contributed by atoms with Crippen molar-refractivity contribution >= 4 is 5.91 Å². The van der Waals surface area contributed by atoms with E-state index in [2.05, 4.69) is 177 Å². The molecule has 14 heteroatoms. The van der Waals surface area contributed by atoms with E-state index in [1.807, 2.05) is 6.08 Å². The number of amides is 1. The molecule has 1 amide bonds. The number of aliphatic hydroxyl groups is 8. The van der Waals surface area contributed by atoms with Crippen LogP contribution in [-0.4, -0.2) is 140 Å². The Hall–Kier alpha value is -4.65. The van der Waals surface area contributed by atoms with Crippen LogP contribution in [0.5, 0.6) is 0 Å². The van der Waals surface area contributed by atoms with Gasteiger partial charge in [0.2, 0.25) is 5.91 Å². The lowest BCUT2D eigenvalue weighted by atomic mass is 9.97. The van der Waals surface area contributed by atoms with Crippen LogP contribution in [0.15, 0.2) is 170 Å². The molecule has 0 aromatic rings. The number of allylic oxidation sites excluding steroid dienone is 27. The average molecular weight is 1350 g/mol. The number of hydrogen-bond donors (Lipinski definition) is 9. The third-order valence-corrected chi connectivity index (χ3v) is 17.1. The molecule has 550 valence electrons. The average Bonchev–Trinajstić information content (AvgIpc) is 0.794. The Morgan fingerprint density at radius 3 is 1.13 bits per heavy atom. The summed E-state index contributed by atoms with van der Waals surface area (Å²) in [5, 5.41) is 87.5. The van der Waals surface area contributed by atoms with Gasteiger partial charge >= 0.3 is 0 Å². The Kier molecular flexibility index (Phi) is 59.0. The molecule has 0 bridgehead atoms. The van der Waals surface area contributed by atoms with E-state index in [1.54, 1.807) is 6.08 Å². The summed E-state index contributed by atoms with van der Waals surface area (Å²) in [6, 6.07) is -0.971. The van der Waals surface area contributed by atoms with Gasteiger partial charge in [-0.25, -0.2) is 0 Å². The molecule has 2 aliphatic rings. The van der Waals surface area contributed by atoms with Crippen LogP contribution in [0.3, 0.4) is 0 Å². The second kappa shape index (κ2) is 64.7. The minimum absolute atomic E-state index is 0.218. The van der Waals surface area contributed by atoms with Crippen molar-refractivity contribution in [3.63, 3.8) is 0 Å². The lowest BCUT2D eigenvalue weighted by molar-refractivity contribution is -0.359. The van der Waals surface area contributed by atoms with Gasteiger partial charge < -0.3 is 65.1 Å². The number of carbonyl (C=O) groups is 1. The summed E-state index contributed by atoms with van der Waals surface area (Å²) in [5.74, 6) is -0.291. The standard InChI is InChI=1S/C83H135NO13/c1-3-5-7-9-11-13-15-17-19-21-23-25-27-29-31-32-33-34-35-36-37-38-39-40-41-43-45-47-49-51-53-55-57-59-61-63-65-67-75(88)84-71(70-94-82-80(93)78(91)81(74(69-86)96-82)97-83-79(92)77(90)76(89)73(68-85)95-83)72(87)66-64-62-60-58-56-54-52-50-48-46-44-42-30-28-26-24-22-20-18-16-14-12-10-8-6-4-2/h5,7,11,13,17,19,23,25,29,31,33-34,36-37,39-40,43,45,48-51,55-58,64,66,71-74,76-83,85-87,89-93H,3-4,6,8-10,12,14-16,18,20-22,24,26-28,30,32,35,38,41-42,44,46-47,52-54,59-63,65,67-70H2,1-2H3,(H,84,88)/b7-5-,13-11-,19-17-,25-23-,31-29-,34-33-,37-36-,40-39-,45-43-,50-48+,51-49-,57-55-,58-56+,66-64+. The molecule has 12 unspecified atom stereocenters. The zero-order valence-corrected chi connectivity index (χ0v) is 60.0. The van der Waals surface area contributed by atoms with E-state index < -0.39 is 86.8 Å². The van der Waals surface area contributed by atoms with Gasteiger partial charge in [-0.2, -0.15) is 0 Å². The minimum atomic E-state index is -1.81. The molecule has 0 aromatic carbocycles. The molecular weight excluding hydrogens is 1220 g/mol. The lowest BCUT2D eigenvalue weighted by Crippen LogP contribution is -2.65. The Morgan fingerprint density at radius 2 is 0.722 bits per heavy atom. The van der Waals surface area contributed by atoms with Crippen molar-refractivity contribution in [3.05, 3.63) is 170 Å². The van der Waals surface area contributed by atoms with E-state index in [9.17, 15) is 45.6 Å². The predicted molar refractivity (Wildman–Crippen MR) is 400 cm³/mol. The van der Waals surface area contributed by atoms with Crippen molar-refractivity contribution in [2.45, 2.75) is 325 Å². The number of unbranched alkanes of at least 4 members (excludes halogenated alkanes) is 21. The highest BCUT2D eigenvalue weighted by Crippen LogP contribution is 2.30. The quantitative estimate of drug-likeness (QED) is 0.0204. The van der Waals surface area contributed by atoms with Crippen molar-refractivity contribution in [2.75, 3.05) is 19.8 Å². The summed E-state index contributed by atoms with van der Waals surface area (Å²) >= 11 is 0. The van der Waals surface area contributed by atoms with Crippen molar-refractivity contribution < 1.29 is 64.6 Å². The summed E-state index contributed by atoms with van der Waals surface area (Å²) < 4.78 is 22.8. The molecule has 9 N–H and O–H groups in total. The van der Waals surface area contributed by atoms with Gasteiger partial charge in [-0.15, -0.1) is 0 Å². The number of rotatable bonds is 60. The summed E-state index contributed by atoms with van der Waals surface area (Å²) in [7, 11) is 0. The van der Waals surface area contributed by atoms with Crippen molar-refractivity contribution in [3.8, 4) is 0 Å². The first-order valence-electron chi connectivity index (χ1n) is 37.9. The molecule has 97 heavy (non-hydrogen) atoms. The van der Waals surface area contributed by atoms with Gasteiger partial charge in [0.05, 0.1) is 32.0 Å². The predicted octanol–water partition coefficient (Wildman–Crippen LogP) is 16.7. The largest absolute Gasteiger partial charge is 0.394 e. The molecule has 0 spiro atoms. The highest BCUT2D eigenvalue weighted by atomic mass is 16.7. The van der Waals surface area contributed by atoms with Gasteiger partial charge in [-0.3, -0.25) is 4.79 Å². The van der Waals surface area contributed by atoms with Crippen LogP contribution in [-0.2, 0) is 23.7 Å². The summed E-state index contributed by atoms with van der Waals surface area (Å²) in [6.07, 6.45) is 84.1. The maximum Gasteiger partial charge on any atom is 0.220 e. The number of hydrogen-bond acceptors (Lipinski definition) is 13. The van der Waals surface area contributed by atoms with E-state index in [0.717, 1.165) is 116 Å². The van der Waals surface area contributed by atoms with E-state index >= 15 is 0 Å². The molecule has 0 aromatic heterocycles. The molecule has 14 nitrogen and oxygen atoms in total. The molecule has 2 aliphatic heterocycles. The van der Waals surface area contributed by atoms with Gasteiger partial charge in [0.1, 0.15) is 48.8 Å². The Balaban J connectivity index is 1.71. The highest BCUT2D eigenvalue weighted by Gasteiger charge is 2.51. The molecule has 0 radical (unpaired) electrons. The number of ether oxygens (including phenoxy) is 4. The Morgan fingerprint density at radius 1 is 0.381 bits per heavy atom. The molecule has 2 rings (SSSR count). The first kappa shape index (κ1) is 88.4. The fourth-order valence-corrected chi connectivity index (χ4v) is 11.2. The number of aliphatic hydroxyl groups excluding tert-OH is 8. The second-order valence-electron chi connectivity index (χ2n) is 25.7. The van der Waals surface area contributed by atoms with Crippen molar-refractivity contribution in [1.29, 1.82) is 0 Å². The molecule has 2 fully saturated rings. The van der Waals surface area contributed by atoms with Crippen LogP contribution in [0, 0.1) is 0 Å². The maximum absolute atomic E-state index is 13.3. The van der Waals surface area contributed by atoms with E-state index in [0.29, 0.717) is 12.8 Å². The van der Waals surface area contributed by atoms with Crippen LogP contribution >= 0.6 is 0 Å². The number of nitrogens with one attached hydrogen (secondary N) is 1. The van der Waals surface area contributed by atoms with Gasteiger partial charge in [0.25, 0.3) is 0 Å². The summed E-state index contributed by atoms with van der Waals surface area (Å²) in [5.41, 5.74) is 0. The minimum Gasteiger partial charge on any atom is -0.394 e. The zero-order valence-electron chi connectivity index (χ0n) is 60.0. The monoisotopic (exact) mass is 1350 g/mol. The lowest BCUT2D eigenvalue weighted by Gasteiger charge is -2.46. The Bertz CT molecular complexity index is 2290. The van der Waals surface area contributed by atoms with Gasteiger partial charge in [-0.05, 0) is 128 Å². The maximum atomic E-state index is 13.3. The summed E-state index contributed by atoms with van der Waals surface area (Å²) in [6.45, 7) is 2.64. The van der Waals surface area contributed by atoms with Gasteiger partial charge in [-0.1, -0.05) is 287 Å². The van der Waals surface area contributed by atoms with Gasteiger partial charge in [0.15, 0.2) is 12.6 Å². The van der Waals surface area contributed by atoms with Crippen molar-refractivity contribution in [1.82, 2.24) is 5.32 Å². The third-order valence-electron chi connectivity index (χ3n) is 17.1. The SMILES string of the molecule is CC/C=C\C/C=C\C/C=C\C/C=C\C/C=C\C/C=C\C/C=C\C/C=C\C/C=C\C/C=C\C/C=C\CCCCCC(=O)NC(COC1OC(CO)C(OC2OC(CO)C(O)C(O)C2O)C(O)C1O)C(O)/C=C/CC/C=C/CC/C=C/CCCCCCCCCCCCCCCCCC. The summed E-state index contributed by atoms with van der Waals surface area (Å²) in [4.78, 5) is 13.3. The van der Waals surface area contributed by atoms with Crippen LogP contribution in [0.2, 0.25) is 0 Å².